The summed E-state index contributed by atoms with van der Waals surface area (Å²) >= 11 is 0. The molecule has 0 bridgehead atoms. The van der Waals surface area contributed by atoms with Gasteiger partial charge in [0.05, 0.1) is 0 Å². The van der Waals surface area contributed by atoms with Gasteiger partial charge in [0.2, 0.25) is 0 Å². The molecule has 0 aromatic rings. The molecule has 1 N–H and O–H groups in total. The van der Waals surface area contributed by atoms with Crippen molar-refractivity contribution in [2.75, 3.05) is 0 Å². The highest BCUT2D eigenvalue weighted by Gasteiger charge is 2.16. The molecule has 0 aromatic heterocycles. The average Bonchev–Trinajstić information content (AvgIpc) is 2.19. The number of hydrogen-bond donors (Lipinski definition) is 1. The van der Waals surface area contributed by atoms with Crippen molar-refractivity contribution in [2.24, 2.45) is 5.92 Å². The quantitative estimate of drug-likeness (QED) is 0.706. The van der Waals surface area contributed by atoms with Crippen LogP contribution in [0.4, 0.5) is 0 Å². The van der Waals surface area contributed by atoms with Crippen molar-refractivity contribution in [3.63, 3.8) is 0 Å². The Morgan fingerprint density at radius 2 is 1.86 bits per heavy atom. The van der Waals surface area contributed by atoms with Crippen molar-refractivity contribution >= 4 is 0 Å². The van der Waals surface area contributed by atoms with Crippen LogP contribution in [0.5, 0.6) is 0 Å². The Bertz CT molecular complexity index is 201. The maximum absolute atomic E-state index is 3.75. The van der Waals surface area contributed by atoms with E-state index in [-0.39, 0.29) is 0 Å². The third kappa shape index (κ3) is 2.76. The maximum atomic E-state index is 3.75. The van der Waals surface area contributed by atoms with E-state index in [9.17, 15) is 0 Å². The summed E-state index contributed by atoms with van der Waals surface area (Å²) in [5, 5.41) is 3.75. The summed E-state index contributed by atoms with van der Waals surface area (Å²) in [6.45, 7) is 2.34. The van der Waals surface area contributed by atoms with Crippen molar-refractivity contribution in [3.05, 3.63) is 11.8 Å². The molecule has 0 amide bonds. The molecule has 2 aliphatic carbocycles. The van der Waals surface area contributed by atoms with Crippen molar-refractivity contribution < 1.29 is 0 Å². The van der Waals surface area contributed by atoms with Gasteiger partial charge in [-0.05, 0) is 38.0 Å². The van der Waals surface area contributed by atoms with Crippen molar-refractivity contribution in [1.29, 1.82) is 0 Å². The van der Waals surface area contributed by atoms with Crippen LogP contribution < -0.4 is 5.32 Å². The van der Waals surface area contributed by atoms with Crippen LogP contribution >= 0.6 is 0 Å². The predicted octanol–water partition coefficient (Wildman–Crippen LogP) is 3.61. The lowest BCUT2D eigenvalue weighted by molar-refractivity contribution is 0.385. The molecule has 1 heteroatoms. The highest BCUT2D eigenvalue weighted by atomic mass is 14.9. The van der Waals surface area contributed by atoms with Crippen LogP contribution in [0.3, 0.4) is 0 Å². The Morgan fingerprint density at radius 1 is 1.07 bits per heavy atom. The van der Waals surface area contributed by atoms with Gasteiger partial charge in [0.25, 0.3) is 0 Å². The van der Waals surface area contributed by atoms with E-state index in [1.54, 1.807) is 0 Å². The lowest BCUT2D eigenvalue weighted by Crippen LogP contribution is -2.31. The second-order valence-electron chi connectivity index (χ2n) is 5.04. The minimum Gasteiger partial charge on any atom is -0.386 e. The van der Waals surface area contributed by atoms with E-state index < -0.39 is 0 Å². The topological polar surface area (TPSA) is 12.0 Å². The summed E-state index contributed by atoms with van der Waals surface area (Å²) in [5.41, 5.74) is 1.54. The molecular weight excluding hydrogens is 170 g/mol. The van der Waals surface area contributed by atoms with Crippen LogP contribution in [0.1, 0.15) is 58.3 Å². The van der Waals surface area contributed by atoms with Gasteiger partial charge in [0.15, 0.2) is 0 Å². The largest absolute Gasteiger partial charge is 0.386 e. The molecule has 14 heavy (non-hydrogen) atoms. The van der Waals surface area contributed by atoms with E-state index in [4.69, 9.17) is 0 Å². The third-order valence-corrected chi connectivity index (χ3v) is 3.59. The Kier molecular flexibility index (Phi) is 3.49. The zero-order valence-corrected chi connectivity index (χ0v) is 9.39. The zero-order valence-electron chi connectivity index (χ0n) is 9.39. The second kappa shape index (κ2) is 4.86. The Hall–Kier alpha value is -0.460. The molecule has 1 fully saturated rings. The van der Waals surface area contributed by atoms with Crippen LogP contribution in [0, 0.1) is 5.92 Å². The number of allylic oxidation sites excluding steroid dienone is 2. The third-order valence-electron chi connectivity index (χ3n) is 3.59. The molecule has 2 rings (SSSR count). The predicted molar refractivity (Wildman–Crippen MR) is 61.1 cm³/mol. The van der Waals surface area contributed by atoms with Gasteiger partial charge >= 0.3 is 0 Å². The molecule has 0 radical (unpaired) electrons. The number of hydrogen-bond acceptors (Lipinski definition) is 1. The van der Waals surface area contributed by atoms with E-state index in [2.05, 4.69) is 18.3 Å². The maximum Gasteiger partial charge on any atom is 0.0258 e. The lowest BCUT2D eigenvalue weighted by Gasteiger charge is -2.28. The molecule has 1 saturated carbocycles. The van der Waals surface area contributed by atoms with Gasteiger partial charge in [-0.2, -0.15) is 0 Å². The monoisotopic (exact) mass is 193 g/mol. The summed E-state index contributed by atoms with van der Waals surface area (Å²) in [4.78, 5) is 0. The Morgan fingerprint density at radius 3 is 2.57 bits per heavy atom. The number of nitrogens with one attached hydrogen (secondary N) is 1. The van der Waals surface area contributed by atoms with Crippen molar-refractivity contribution in [1.82, 2.24) is 5.32 Å². The molecule has 0 heterocycles. The summed E-state index contributed by atoms with van der Waals surface area (Å²) in [6.07, 6.45) is 13.6. The van der Waals surface area contributed by atoms with Crippen LogP contribution in [-0.2, 0) is 0 Å². The van der Waals surface area contributed by atoms with Gasteiger partial charge in [-0.25, -0.2) is 0 Å². The lowest BCUT2D eigenvalue weighted by atomic mass is 9.92. The highest BCUT2D eigenvalue weighted by Crippen LogP contribution is 2.24. The fourth-order valence-electron chi connectivity index (χ4n) is 2.75. The molecule has 0 spiro atoms. The molecular formula is C13H23N. The first-order valence-electron chi connectivity index (χ1n) is 6.32. The SMILES string of the molecule is CC1C=C(NC2CCCCC2)CCC1. The fourth-order valence-corrected chi connectivity index (χ4v) is 2.75. The summed E-state index contributed by atoms with van der Waals surface area (Å²) in [7, 11) is 0. The van der Waals surface area contributed by atoms with Crippen molar-refractivity contribution in [2.45, 2.75) is 64.3 Å². The van der Waals surface area contributed by atoms with Gasteiger partial charge in [-0.1, -0.05) is 32.3 Å². The smallest absolute Gasteiger partial charge is 0.0258 e. The van der Waals surface area contributed by atoms with Gasteiger partial charge in [0, 0.05) is 11.7 Å². The Balaban J connectivity index is 1.83. The molecule has 1 atom stereocenters. The zero-order chi connectivity index (χ0) is 9.80. The average molecular weight is 193 g/mol. The van der Waals surface area contributed by atoms with Gasteiger partial charge < -0.3 is 5.32 Å². The van der Waals surface area contributed by atoms with Crippen LogP contribution in [0.2, 0.25) is 0 Å². The summed E-state index contributed by atoms with van der Waals surface area (Å²) in [5.74, 6) is 0.801. The second-order valence-corrected chi connectivity index (χ2v) is 5.04. The van der Waals surface area contributed by atoms with Crippen LogP contribution in [0.15, 0.2) is 11.8 Å². The first kappa shape index (κ1) is 10.1. The minimum absolute atomic E-state index is 0.792. The van der Waals surface area contributed by atoms with E-state index in [1.807, 2.05) is 0 Å². The van der Waals surface area contributed by atoms with Crippen LogP contribution in [-0.4, -0.2) is 6.04 Å². The molecule has 0 aliphatic heterocycles. The highest BCUT2D eigenvalue weighted by molar-refractivity contribution is 5.06. The van der Waals surface area contributed by atoms with E-state index in [1.165, 1.54) is 57.1 Å². The normalized spacial score (nSPS) is 29.8. The van der Waals surface area contributed by atoms with E-state index in [0.717, 1.165) is 12.0 Å². The van der Waals surface area contributed by atoms with Gasteiger partial charge in [0.1, 0.15) is 0 Å². The molecule has 0 saturated heterocycles. The molecule has 1 unspecified atom stereocenters. The molecule has 1 nitrogen and oxygen atoms in total. The number of rotatable bonds is 2. The van der Waals surface area contributed by atoms with Crippen LogP contribution in [0.25, 0.3) is 0 Å². The van der Waals surface area contributed by atoms with Gasteiger partial charge in [-0.3, -0.25) is 0 Å². The first-order chi connectivity index (χ1) is 6.84. The summed E-state index contributed by atoms with van der Waals surface area (Å²) < 4.78 is 0. The van der Waals surface area contributed by atoms with Crippen molar-refractivity contribution in [3.8, 4) is 0 Å². The van der Waals surface area contributed by atoms with E-state index >= 15 is 0 Å². The molecule has 80 valence electrons. The fraction of sp³-hybridized carbons (Fsp3) is 0.846. The molecule has 0 aromatic carbocycles. The van der Waals surface area contributed by atoms with Gasteiger partial charge in [-0.15, -0.1) is 0 Å². The molecule has 2 aliphatic rings. The standard InChI is InChI=1S/C13H23N/c1-11-6-5-9-13(10-11)14-12-7-3-2-4-8-12/h10-12,14H,2-9H2,1H3. The summed E-state index contributed by atoms with van der Waals surface area (Å²) in [6, 6.07) is 0.792. The Labute approximate surface area is 88.0 Å². The first-order valence-corrected chi connectivity index (χ1v) is 6.32. The minimum atomic E-state index is 0.792. The van der Waals surface area contributed by atoms with E-state index in [0.29, 0.717) is 0 Å².